The lowest BCUT2D eigenvalue weighted by Crippen LogP contribution is -2.12. The van der Waals surface area contributed by atoms with Crippen LogP contribution in [0.3, 0.4) is 0 Å². The standard InChI is InChI=1S/C24H21N5O5/c1-17(2)24(30)34-16-15-33-23-13-9-21(10-14-23)28-26-19-5-3-18(4-6-19)25-27-20-7-11-22(12-8-20)29(31)32/h3-14H,1,15-16H2,2H3. The second-order valence-corrected chi connectivity index (χ2v) is 6.95. The summed E-state index contributed by atoms with van der Waals surface area (Å²) in [7, 11) is 0. The van der Waals surface area contributed by atoms with Crippen LogP contribution in [0.2, 0.25) is 0 Å². The summed E-state index contributed by atoms with van der Waals surface area (Å²) in [5.74, 6) is 0.174. The molecule has 10 nitrogen and oxygen atoms in total. The second kappa shape index (κ2) is 11.8. The molecule has 0 saturated carbocycles. The van der Waals surface area contributed by atoms with E-state index >= 15 is 0 Å². The summed E-state index contributed by atoms with van der Waals surface area (Å²) in [6, 6.07) is 19.8. The quantitative estimate of drug-likeness (QED) is 0.0811. The molecule has 3 aromatic carbocycles. The van der Waals surface area contributed by atoms with Crippen LogP contribution in [0.1, 0.15) is 6.92 Å². The number of non-ortho nitro benzene ring substituents is 1. The highest BCUT2D eigenvalue weighted by atomic mass is 16.6. The molecule has 0 aromatic heterocycles. The molecule has 0 N–H and O–H groups in total. The first kappa shape index (κ1) is 23.9. The van der Waals surface area contributed by atoms with E-state index in [1.165, 1.54) is 24.3 Å². The number of rotatable bonds is 10. The number of esters is 1. The van der Waals surface area contributed by atoms with E-state index in [0.717, 1.165) is 0 Å². The first-order valence-electron chi connectivity index (χ1n) is 10.1. The molecule has 0 aliphatic carbocycles. The first-order valence-corrected chi connectivity index (χ1v) is 10.1. The fourth-order valence-corrected chi connectivity index (χ4v) is 2.48. The third-order valence-electron chi connectivity index (χ3n) is 4.24. The number of nitro benzene ring substituents is 1. The van der Waals surface area contributed by atoms with Crippen molar-refractivity contribution in [3.8, 4) is 5.75 Å². The van der Waals surface area contributed by atoms with Crippen LogP contribution in [0.5, 0.6) is 5.75 Å². The first-order chi connectivity index (χ1) is 16.4. The molecule has 3 aromatic rings. The number of azo groups is 2. The SMILES string of the molecule is C=C(C)C(=O)OCCOc1ccc(N=Nc2ccc(N=Nc3ccc([N+](=O)[O-])cc3)cc2)cc1. The van der Waals surface area contributed by atoms with Gasteiger partial charge >= 0.3 is 5.97 Å². The highest BCUT2D eigenvalue weighted by molar-refractivity contribution is 5.86. The van der Waals surface area contributed by atoms with Crippen LogP contribution in [0.15, 0.2) is 105 Å². The van der Waals surface area contributed by atoms with Gasteiger partial charge in [-0.15, -0.1) is 0 Å². The Labute approximate surface area is 195 Å². The van der Waals surface area contributed by atoms with Gasteiger partial charge in [0.15, 0.2) is 0 Å². The number of carbonyl (C=O) groups excluding carboxylic acids is 1. The summed E-state index contributed by atoms with van der Waals surface area (Å²) in [5.41, 5.74) is 2.73. The molecule has 0 fully saturated rings. The predicted molar refractivity (Wildman–Crippen MR) is 126 cm³/mol. The van der Waals surface area contributed by atoms with E-state index in [1.54, 1.807) is 55.5 Å². The zero-order chi connectivity index (χ0) is 24.3. The van der Waals surface area contributed by atoms with Crippen LogP contribution in [0.4, 0.5) is 28.4 Å². The maximum Gasteiger partial charge on any atom is 0.333 e. The number of carbonyl (C=O) groups is 1. The van der Waals surface area contributed by atoms with Crippen molar-refractivity contribution >= 4 is 34.4 Å². The van der Waals surface area contributed by atoms with Gasteiger partial charge in [-0.1, -0.05) is 6.58 Å². The second-order valence-electron chi connectivity index (χ2n) is 6.95. The van der Waals surface area contributed by atoms with E-state index in [9.17, 15) is 14.9 Å². The van der Waals surface area contributed by atoms with Crippen molar-refractivity contribution in [1.29, 1.82) is 0 Å². The third kappa shape index (κ3) is 7.45. The molecule has 0 spiro atoms. The Kier molecular flexibility index (Phi) is 8.28. The summed E-state index contributed by atoms with van der Waals surface area (Å²) < 4.78 is 10.5. The number of nitro groups is 1. The monoisotopic (exact) mass is 459 g/mol. The van der Waals surface area contributed by atoms with Gasteiger partial charge in [-0.2, -0.15) is 20.5 Å². The molecule has 0 amide bonds. The molecule has 0 bridgehead atoms. The molecular formula is C24H21N5O5. The van der Waals surface area contributed by atoms with Gasteiger partial charge in [0, 0.05) is 17.7 Å². The summed E-state index contributed by atoms with van der Waals surface area (Å²) in [6.07, 6.45) is 0. The summed E-state index contributed by atoms with van der Waals surface area (Å²) in [5, 5.41) is 27.2. The number of nitrogens with zero attached hydrogens (tertiary/aromatic N) is 5. The average molecular weight is 459 g/mol. The molecule has 0 aliphatic heterocycles. The Morgan fingerprint density at radius 3 is 1.62 bits per heavy atom. The lowest BCUT2D eigenvalue weighted by atomic mass is 10.3. The summed E-state index contributed by atoms with van der Waals surface area (Å²) >= 11 is 0. The van der Waals surface area contributed by atoms with Gasteiger partial charge in [0.25, 0.3) is 5.69 Å². The highest BCUT2D eigenvalue weighted by Gasteiger charge is 2.04. The maximum absolute atomic E-state index is 11.3. The molecule has 172 valence electrons. The summed E-state index contributed by atoms with van der Waals surface area (Å²) in [4.78, 5) is 21.5. The Morgan fingerprint density at radius 1 is 0.794 bits per heavy atom. The van der Waals surface area contributed by atoms with Gasteiger partial charge < -0.3 is 9.47 Å². The molecule has 34 heavy (non-hydrogen) atoms. The zero-order valence-electron chi connectivity index (χ0n) is 18.3. The van der Waals surface area contributed by atoms with Crippen molar-refractivity contribution < 1.29 is 19.2 Å². The molecule has 0 unspecified atom stereocenters. The fraction of sp³-hybridized carbons (Fsp3) is 0.125. The molecule has 0 radical (unpaired) electrons. The van der Waals surface area contributed by atoms with Gasteiger partial charge in [-0.05, 0) is 67.6 Å². The normalized spacial score (nSPS) is 11.0. The Bertz CT molecular complexity index is 1200. The zero-order valence-corrected chi connectivity index (χ0v) is 18.3. The number of hydrogen-bond donors (Lipinski definition) is 0. The van der Waals surface area contributed by atoms with E-state index in [-0.39, 0.29) is 18.9 Å². The van der Waals surface area contributed by atoms with Crippen LogP contribution in [0.25, 0.3) is 0 Å². The third-order valence-corrected chi connectivity index (χ3v) is 4.24. The van der Waals surface area contributed by atoms with E-state index < -0.39 is 10.9 Å². The molecular weight excluding hydrogens is 438 g/mol. The fourth-order valence-electron chi connectivity index (χ4n) is 2.48. The average Bonchev–Trinajstić information content (AvgIpc) is 2.85. The van der Waals surface area contributed by atoms with Gasteiger partial charge in [0.05, 0.1) is 27.7 Å². The van der Waals surface area contributed by atoms with E-state index in [2.05, 4.69) is 27.0 Å². The smallest absolute Gasteiger partial charge is 0.333 e. The van der Waals surface area contributed by atoms with E-state index in [4.69, 9.17) is 9.47 Å². The minimum Gasteiger partial charge on any atom is -0.490 e. The molecule has 0 saturated heterocycles. The molecule has 3 rings (SSSR count). The van der Waals surface area contributed by atoms with Gasteiger partial charge in [0.2, 0.25) is 0 Å². The Hall–Kier alpha value is -4.73. The van der Waals surface area contributed by atoms with Crippen molar-refractivity contribution in [2.45, 2.75) is 6.92 Å². The largest absolute Gasteiger partial charge is 0.490 e. The van der Waals surface area contributed by atoms with Crippen LogP contribution in [0, 0.1) is 10.1 Å². The van der Waals surface area contributed by atoms with Crippen molar-refractivity contribution in [2.75, 3.05) is 13.2 Å². The Balaban J connectivity index is 1.49. The van der Waals surface area contributed by atoms with Crippen molar-refractivity contribution in [2.24, 2.45) is 20.5 Å². The molecule has 0 atom stereocenters. The predicted octanol–water partition coefficient (Wildman–Crippen LogP) is 6.92. The molecule has 10 heteroatoms. The van der Waals surface area contributed by atoms with Gasteiger partial charge in [-0.3, -0.25) is 10.1 Å². The minimum absolute atomic E-state index is 0.00237. The lowest BCUT2D eigenvalue weighted by Gasteiger charge is -2.07. The maximum atomic E-state index is 11.3. The Morgan fingerprint density at radius 2 is 1.21 bits per heavy atom. The summed E-state index contributed by atoms with van der Waals surface area (Å²) in [6.45, 7) is 5.46. The van der Waals surface area contributed by atoms with E-state index in [0.29, 0.717) is 34.1 Å². The minimum atomic E-state index is -0.469. The van der Waals surface area contributed by atoms with Gasteiger partial charge in [0.1, 0.15) is 19.0 Å². The van der Waals surface area contributed by atoms with Crippen molar-refractivity contribution in [1.82, 2.24) is 0 Å². The number of ether oxygens (including phenoxy) is 2. The molecule has 0 aliphatic rings. The van der Waals surface area contributed by atoms with Crippen molar-refractivity contribution in [3.63, 3.8) is 0 Å². The topological polar surface area (TPSA) is 128 Å². The lowest BCUT2D eigenvalue weighted by molar-refractivity contribution is -0.384. The highest BCUT2D eigenvalue weighted by Crippen LogP contribution is 2.25. The molecule has 0 heterocycles. The van der Waals surface area contributed by atoms with Gasteiger partial charge in [-0.25, -0.2) is 4.79 Å². The van der Waals surface area contributed by atoms with Crippen molar-refractivity contribution in [3.05, 3.63) is 95.1 Å². The van der Waals surface area contributed by atoms with Crippen LogP contribution in [-0.2, 0) is 9.53 Å². The van der Waals surface area contributed by atoms with Crippen LogP contribution < -0.4 is 4.74 Å². The number of hydrogen-bond acceptors (Lipinski definition) is 9. The van der Waals surface area contributed by atoms with Crippen LogP contribution in [-0.4, -0.2) is 24.1 Å². The van der Waals surface area contributed by atoms with E-state index in [1.807, 2.05) is 0 Å². The van der Waals surface area contributed by atoms with Crippen LogP contribution >= 0.6 is 0 Å². The number of benzene rings is 3.